The van der Waals surface area contributed by atoms with Gasteiger partial charge in [0.2, 0.25) is 0 Å². The van der Waals surface area contributed by atoms with Crippen LogP contribution in [0.1, 0.15) is 36.8 Å². The van der Waals surface area contributed by atoms with Gasteiger partial charge in [0.15, 0.2) is 0 Å². The fraction of sp³-hybridized carbons (Fsp3) is 0.600. The van der Waals surface area contributed by atoms with Crippen LogP contribution in [0.2, 0.25) is 0 Å². The van der Waals surface area contributed by atoms with Crippen LogP contribution in [-0.2, 0) is 13.0 Å². The van der Waals surface area contributed by atoms with E-state index in [2.05, 4.69) is 29.2 Å². The summed E-state index contributed by atoms with van der Waals surface area (Å²) in [6.07, 6.45) is 6.28. The van der Waals surface area contributed by atoms with E-state index in [0.717, 1.165) is 13.1 Å². The normalized spacial score (nSPS) is 16.5. The SMILES string of the molecule is NCCCCCN1CCCc2ccccc2C1. The summed E-state index contributed by atoms with van der Waals surface area (Å²) in [5.74, 6) is 0. The summed E-state index contributed by atoms with van der Waals surface area (Å²) >= 11 is 0. The summed E-state index contributed by atoms with van der Waals surface area (Å²) in [6, 6.07) is 8.90. The Hall–Kier alpha value is -0.860. The molecule has 0 radical (unpaired) electrons. The summed E-state index contributed by atoms with van der Waals surface area (Å²) < 4.78 is 0. The molecule has 1 aliphatic heterocycles. The lowest BCUT2D eigenvalue weighted by Gasteiger charge is -2.20. The minimum atomic E-state index is 0.836. The van der Waals surface area contributed by atoms with Gasteiger partial charge < -0.3 is 5.73 Å². The van der Waals surface area contributed by atoms with Crippen molar-refractivity contribution in [2.45, 2.75) is 38.6 Å². The van der Waals surface area contributed by atoms with Crippen molar-refractivity contribution in [2.24, 2.45) is 5.73 Å². The highest BCUT2D eigenvalue weighted by molar-refractivity contribution is 5.27. The maximum absolute atomic E-state index is 5.52. The standard InChI is InChI=1S/C15H24N2/c16-10-4-1-5-11-17-12-6-9-14-7-2-3-8-15(14)13-17/h2-3,7-8H,1,4-6,9-13,16H2. The van der Waals surface area contributed by atoms with E-state index in [1.165, 1.54) is 50.8 Å². The fourth-order valence-electron chi connectivity index (χ4n) is 2.62. The lowest BCUT2D eigenvalue weighted by molar-refractivity contribution is 0.263. The van der Waals surface area contributed by atoms with Crippen molar-refractivity contribution in [3.8, 4) is 0 Å². The molecule has 1 aromatic carbocycles. The van der Waals surface area contributed by atoms with E-state index in [9.17, 15) is 0 Å². The Morgan fingerprint density at radius 3 is 2.71 bits per heavy atom. The zero-order valence-electron chi connectivity index (χ0n) is 10.7. The van der Waals surface area contributed by atoms with E-state index in [1.54, 1.807) is 5.56 Å². The lowest BCUT2D eigenvalue weighted by atomic mass is 10.0. The molecule has 1 aliphatic rings. The number of rotatable bonds is 5. The molecule has 2 rings (SSSR count). The Balaban J connectivity index is 1.85. The predicted molar refractivity (Wildman–Crippen MR) is 72.9 cm³/mol. The second kappa shape index (κ2) is 6.77. The quantitative estimate of drug-likeness (QED) is 0.791. The van der Waals surface area contributed by atoms with E-state index in [0.29, 0.717) is 0 Å². The Morgan fingerprint density at radius 1 is 1.06 bits per heavy atom. The molecule has 0 aliphatic carbocycles. The van der Waals surface area contributed by atoms with Crippen LogP contribution in [0.3, 0.4) is 0 Å². The van der Waals surface area contributed by atoms with E-state index in [-0.39, 0.29) is 0 Å². The number of hydrogen-bond acceptors (Lipinski definition) is 2. The van der Waals surface area contributed by atoms with Gasteiger partial charge in [-0.2, -0.15) is 0 Å². The molecule has 17 heavy (non-hydrogen) atoms. The third-order valence-corrected chi connectivity index (χ3v) is 3.61. The molecular weight excluding hydrogens is 208 g/mol. The van der Waals surface area contributed by atoms with Gasteiger partial charge in [-0.15, -0.1) is 0 Å². The molecule has 2 N–H and O–H groups in total. The molecule has 0 atom stereocenters. The van der Waals surface area contributed by atoms with Crippen LogP contribution >= 0.6 is 0 Å². The highest BCUT2D eigenvalue weighted by atomic mass is 15.1. The Bertz CT molecular complexity index is 335. The van der Waals surface area contributed by atoms with Crippen LogP contribution in [0.25, 0.3) is 0 Å². The monoisotopic (exact) mass is 232 g/mol. The summed E-state index contributed by atoms with van der Waals surface area (Å²) in [6.45, 7) is 4.45. The maximum atomic E-state index is 5.52. The van der Waals surface area contributed by atoms with Crippen LogP contribution < -0.4 is 5.73 Å². The van der Waals surface area contributed by atoms with Crippen LogP contribution in [0.5, 0.6) is 0 Å². The highest BCUT2D eigenvalue weighted by Gasteiger charge is 2.12. The highest BCUT2D eigenvalue weighted by Crippen LogP contribution is 2.18. The van der Waals surface area contributed by atoms with Gasteiger partial charge in [0.05, 0.1) is 0 Å². The Kier molecular flexibility index (Phi) is 5.02. The average molecular weight is 232 g/mol. The molecule has 1 aromatic rings. The third-order valence-electron chi connectivity index (χ3n) is 3.61. The van der Waals surface area contributed by atoms with Crippen molar-refractivity contribution >= 4 is 0 Å². The Labute approximate surface area is 105 Å². The molecule has 2 heteroatoms. The van der Waals surface area contributed by atoms with Crippen molar-refractivity contribution < 1.29 is 0 Å². The first-order valence-electron chi connectivity index (χ1n) is 6.89. The number of nitrogens with zero attached hydrogens (tertiary/aromatic N) is 1. The summed E-state index contributed by atoms with van der Waals surface area (Å²) in [5.41, 5.74) is 8.61. The summed E-state index contributed by atoms with van der Waals surface area (Å²) in [4.78, 5) is 2.60. The minimum Gasteiger partial charge on any atom is -0.330 e. The fourth-order valence-corrected chi connectivity index (χ4v) is 2.62. The zero-order chi connectivity index (χ0) is 11.9. The molecule has 94 valence electrons. The molecule has 0 saturated carbocycles. The number of aryl methyl sites for hydroxylation is 1. The maximum Gasteiger partial charge on any atom is 0.0236 e. The van der Waals surface area contributed by atoms with E-state index in [4.69, 9.17) is 5.73 Å². The van der Waals surface area contributed by atoms with Gasteiger partial charge in [0.25, 0.3) is 0 Å². The topological polar surface area (TPSA) is 29.3 Å². The molecule has 0 unspecified atom stereocenters. The predicted octanol–water partition coefficient (Wildman–Crippen LogP) is 2.56. The van der Waals surface area contributed by atoms with E-state index in [1.807, 2.05) is 0 Å². The molecule has 0 fully saturated rings. The van der Waals surface area contributed by atoms with Crippen molar-refractivity contribution in [1.82, 2.24) is 4.90 Å². The molecule has 2 nitrogen and oxygen atoms in total. The van der Waals surface area contributed by atoms with Crippen molar-refractivity contribution in [3.63, 3.8) is 0 Å². The summed E-state index contributed by atoms with van der Waals surface area (Å²) in [5, 5.41) is 0. The number of hydrogen-bond donors (Lipinski definition) is 1. The summed E-state index contributed by atoms with van der Waals surface area (Å²) in [7, 11) is 0. The first-order chi connectivity index (χ1) is 8.40. The zero-order valence-corrected chi connectivity index (χ0v) is 10.7. The number of benzene rings is 1. The van der Waals surface area contributed by atoms with Gasteiger partial charge in [0.1, 0.15) is 0 Å². The van der Waals surface area contributed by atoms with Gasteiger partial charge in [-0.25, -0.2) is 0 Å². The average Bonchev–Trinajstić information content (AvgIpc) is 2.56. The lowest BCUT2D eigenvalue weighted by Crippen LogP contribution is -2.24. The molecule has 0 amide bonds. The minimum absolute atomic E-state index is 0.836. The van der Waals surface area contributed by atoms with Crippen LogP contribution in [0.4, 0.5) is 0 Å². The Morgan fingerprint density at radius 2 is 1.88 bits per heavy atom. The molecular formula is C15H24N2. The van der Waals surface area contributed by atoms with Gasteiger partial charge >= 0.3 is 0 Å². The molecule has 0 spiro atoms. The first kappa shape index (κ1) is 12.6. The number of fused-ring (bicyclic) bond motifs is 1. The smallest absolute Gasteiger partial charge is 0.0236 e. The van der Waals surface area contributed by atoms with Gasteiger partial charge in [0, 0.05) is 6.54 Å². The van der Waals surface area contributed by atoms with Crippen molar-refractivity contribution in [2.75, 3.05) is 19.6 Å². The van der Waals surface area contributed by atoms with Crippen LogP contribution in [0, 0.1) is 0 Å². The van der Waals surface area contributed by atoms with Gasteiger partial charge in [-0.1, -0.05) is 30.7 Å². The molecule has 0 saturated heterocycles. The third kappa shape index (κ3) is 3.83. The van der Waals surface area contributed by atoms with Gasteiger partial charge in [-0.05, 0) is 56.4 Å². The number of nitrogens with two attached hydrogens (primary N) is 1. The van der Waals surface area contributed by atoms with E-state index < -0.39 is 0 Å². The number of unbranched alkanes of at least 4 members (excludes halogenated alkanes) is 2. The largest absolute Gasteiger partial charge is 0.330 e. The first-order valence-corrected chi connectivity index (χ1v) is 6.89. The van der Waals surface area contributed by atoms with Crippen LogP contribution in [-0.4, -0.2) is 24.5 Å². The second-order valence-electron chi connectivity index (χ2n) is 5.00. The van der Waals surface area contributed by atoms with Gasteiger partial charge in [-0.3, -0.25) is 4.90 Å². The van der Waals surface area contributed by atoms with E-state index >= 15 is 0 Å². The molecule has 0 aromatic heterocycles. The van der Waals surface area contributed by atoms with Crippen LogP contribution in [0.15, 0.2) is 24.3 Å². The molecule has 0 bridgehead atoms. The second-order valence-corrected chi connectivity index (χ2v) is 5.00. The van der Waals surface area contributed by atoms with Crippen molar-refractivity contribution in [1.29, 1.82) is 0 Å². The molecule has 1 heterocycles. The van der Waals surface area contributed by atoms with Crippen molar-refractivity contribution in [3.05, 3.63) is 35.4 Å².